The Labute approximate surface area is 178 Å². The van der Waals surface area contributed by atoms with E-state index < -0.39 is 0 Å². The van der Waals surface area contributed by atoms with Gasteiger partial charge in [-0.05, 0) is 35.4 Å². The van der Waals surface area contributed by atoms with Gasteiger partial charge in [0.2, 0.25) is 0 Å². The Bertz CT molecular complexity index is 1180. The van der Waals surface area contributed by atoms with Gasteiger partial charge in [0.1, 0.15) is 11.4 Å². The molecular weight excluding hydrogens is 364 g/mol. The highest BCUT2D eigenvalue weighted by atomic mass is 15.3. The van der Waals surface area contributed by atoms with Crippen molar-refractivity contribution in [1.29, 1.82) is 0 Å². The summed E-state index contributed by atoms with van der Waals surface area (Å²) in [5, 5.41) is 3.67. The molecule has 0 unspecified atom stereocenters. The summed E-state index contributed by atoms with van der Waals surface area (Å²) in [6.45, 7) is 0. The number of benzene rings is 4. The SMILES string of the molecule is C[N+]1(C)c2ccccc2C(C2c3ccccc3Nc3ccccc32)c2ccccc21. The lowest BCUT2D eigenvalue weighted by Crippen LogP contribution is -2.40. The van der Waals surface area contributed by atoms with Gasteiger partial charge in [0.05, 0.1) is 14.1 Å². The molecular formula is C28H25N2+. The summed E-state index contributed by atoms with van der Waals surface area (Å²) in [6.07, 6.45) is 0. The van der Waals surface area contributed by atoms with E-state index in [1.54, 1.807) is 0 Å². The van der Waals surface area contributed by atoms with E-state index >= 15 is 0 Å². The summed E-state index contributed by atoms with van der Waals surface area (Å²) in [7, 11) is 4.61. The molecule has 2 heteroatoms. The Kier molecular flexibility index (Phi) is 3.68. The van der Waals surface area contributed by atoms with Gasteiger partial charge >= 0.3 is 0 Å². The molecule has 0 aliphatic carbocycles. The first-order valence-corrected chi connectivity index (χ1v) is 10.6. The van der Waals surface area contributed by atoms with E-state index in [4.69, 9.17) is 0 Å². The first-order valence-electron chi connectivity index (χ1n) is 10.6. The molecule has 0 saturated carbocycles. The molecule has 6 rings (SSSR count). The molecule has 1 N–H and O–H groups in total. The topological polar surface area (TPSA) is 12.0 Å². The van der Waals surface area contributed by atoms with Crippen molar-refractivity contribution >= 4 is 22.7 Å². The Hall–Kier alpha value is -3.36. The maximum atomic E-state index is 3.67. The summed E-state index contributed by atoms with van der Waals surface area (Å²) in [5.74, 6) is 0.536. The fourth-order valence-electron chi connectivity index (χ4n) is 5.61. The molecule has 4 aromatic rings. The van der Waals surface area contributed by atoms with Gasteiger partial charge in [-0.3, -0.25) is 4.48 Å². The van der Waals surface area contributed by atoms with E-state index in [2.05, 4.69) is 116 Å². The molecule has 0 spiro atoms. The van der Waals surface area contributed by atoms with Gasteiger partial charge < -0.3 is 5.32 Å². The Morgan fingerprint density at radius 1 is 0.500 bits per heavy atom. The largest absolute Gasteiger partial charge is 0.355 e. The van der Waals surface area contributed by atoms with Gasteiger partial charge in [0.15, 0.2) is 0 Å². The number of quaternary nitrogens is 1. The number of anilines is 2. The molecule has 0 saturated heterocycles. The highest BCUT2D eigenvalue weighted by Crippen LogP contribution is 2.57. The highest BCUT2D eigenvalue weighted by Gasteiger charge is 2.44. The predicted octanol–water partition coefficient (Wildman–Crippen LogP) is 6.92. The normalized spacial score (nSPS) is 16.6. The van der Waals surface area contributed by atoms with Gasteiger partial charge in [-0.1, -0.05) is 72.8 Å². The van der Waals surface area contributed by atoms with Crippen molar-refractivity contribution in [3.63, 3.8) is 0 Å². The fourth-order valence-corrected chi connectivity index (χ4v) is 5.61. The third-order valence-corrected chi connectivity index (χ3v) is 6.94. The van der Waals surface area contributed by atoms with Crippen LogP contribution in [0.15, 0.2) is 97.1 Å². The van der Waals surface area contributed by atoms with E-state index in [1.165, 1.54) is 45.0 Å². The van der Waals surface area contributed by atoms with Crippen LogP contribution < -0.4 is 9.80 Å². The molecule has 0 aromatic heterocycles. The van der Waals surface area contributed by atoms with Gasteiger partial charge in [-0.25, -0.2) is 0 Å². The second kappa shape index (κ2) is 6.32. The molecule has 30 heavy (non-hydrogen) atoms. The number of para-hydroxylation sites is 4. The molecule has 0 fully saturated rings. The van der Waals surface area contributed by atoms with E-state index in [1.807, 2.05) is 0 Å². The molecule has 2 aliphatic heterocycles. The monoisotopic (exact) mass is 389 g/mol. The summed E-state index contributed by atoms with van der Waals surface area (Å²) in [6, 6.07) is 35.6. The van der Waals surface area contributed by atoms with Crippen LogP contribution in [0.4, 0.5) is 22.7 Å². The van der Waals surface area contributed by atoms with Crippen LogP contribution in [0.2, 0.25) is 0 Å². The Balaban J connectivity index is 1.69. The zero-order valence-corrected chi connectivity index (χ0v) is 17.3. The van der Waals surface area contributed by atoms with Crippen LogP contribution in [-0.4, -0.2) is 14.1 Å². The van der Waals surface area contributed by atoms with Gasteiger partial charge in [-0.15, -0.1) is 0 Å². The first-order chi connectivity index (χ1) is 14.7. The highest BCUT2D eigenvalue weighted by molar-refractivity contribution is 5.78. The van der Waals surface area contributed by atoms with Gasteiger partial charge in [-0.2, -0.15) is 0 Å². The number of hydrogen-bond acceptors (Lipinski definition) is 1. The Morgan fingerprint density at radius 2 is 0.867 bits per heavy atom. The van der Waals surface area contributed by atoms with Crippen molar-refractivity contribution in [2.75, 3.05) is 19.4 Å². The van der Waals surface area contributed by atoms with E-state index in [9.17, 15) is 0 Å². The van der Waals surface area contributed by atoms with Crippen molar-refractivity contribution in [2.45, 2.75) is 11.8 Å². The molecule has 4 aromatic carbocycles. The maximum absolute atomic E-state index is 3.67. The summed E-state index contributed by atoms with van der Waals surface area (Å²) >= 11 is 0. The minimum Gasteiger partial charge on any atom is -0.355 e. The van der Waals surface area contributed by atoms with Crippen molar-refractivity contribution in [1.82, 2.24) is 4.48 Å². The first kappa shape index (κ1) is 17.5. The quantitative estimate of drug-likeness (QED) is 0.348. The van der Waals surface area contributed by atoms with Crippen LogP contribution >= 0.6 is 0 Å². The molecule has 146 valence electrons. The molecule has 2 nitrogen and oxygen atoms in total. The second-order valence-corrected chi connectivity index (χ2v) is 8.83. The smallest absolute Gasteiger partial charge is 0.141 e. The van der Waals surface area contributed by atoms with Crippen LogP contribution in [0.1, 0.15) is 34.1 Å². The van der Waals surface area contributed by atoms with E-state index in [0.29, 0.717) is 0 Å². The number of fused-ring (bicyclic) bond motifs is 4. The van der Waals surface area contributed by atoms with Crippen LogP contribution in [0.5, 0.6) is 0 Å². The average Bonchev–Trinajstić information content (AvgIpc) is 2.79. The zero-order chi connectivity index (χ0) is 20.3. The van der Waals surface area contributed by atoms with E-state index in [0.717, 1.165) is 4.48 Å². The van der Waals surface area contributed by atoms with Crippen molar-refractivity contribution < 1.29 is 0 Å². The standard InChI is InChI=1S/C28H25N2/c1-30(2)25-17-9-5-13-21(25)28(22-14-6-10-18-26(22)30)27-19-11-3-7-15-23(19)29-24-16-8-4-12-20(24)27/h3-18,27-29H,1-2H3/q+1. The van der Waals surface area contributed by atoms with Gasteiger partial charge in [0.25, 0.3) is 0 Å². The molecule has 0 bridgehead atoms. The minimum absolute atomic E-state index is 0.265. The molecule has 0 radical (unpaired) electrons. The second-order valence-electron chi connectivity index (χ2n) is 8.83. The van der Waals surface area contributed by atoms with Crippen molar-refractivity contribution in [3.05, 3.63) is 119 Å². The van der Waals surface area contributed by atoms with Crippen molar-refractivity contribution in [3.8, 4) is 0 Å². The van der Waals surface area contributed by atoms with Crippen LogP contribution in [0.25, 0.3) is 0 Å². The third kappa shape index (κ3) is 2.34. The zero-order valence-electron chi connectivity index (χ0n) is 17.3. The maximum Gasteiger partial charge on any atom is 0.141 e. The predicted molar refractivity (Wildman–Crippen MR) is 126 cm³/mol. The van der Waals surface area contributed by atoms with E-state index in [-0.39, 0.29) is 11.8 Å². The van der Waals surface area contributed by atoms with Gasteiger partial charge in [0, 0.05) is 34.3 Å². The summed E-state index contributed by atoms with van der Waals surface area (Å²) in [4.78, 5) is 0. The number of rotatable bonds is 1. The fraction of sp³-hybridized carbons (Fsp3) is 0.143. The number of nitrogens with zero attached hydrogens (tertiary/aromatic N) is 1. The third-order valence-electron chi connectivity index (χ3n) is 6.94. The molecule has 2 aliphatic rings. The van der Waals surface area contributed by atoms with Crippen LogP contribution in [0, 0.1) is 0 Å². The molecule has 2 heterocycles. The average molecular weight is 390 g/mol. The minimum atomic E-state index is 0.265. The summed E-state index contributed by atoms with van der Waals surface area (Å²) in [5.41, 5.74) is 10.8. The van der Waals surface area contributed by atoms with Crippen LogP contribution in [-0.2, 0) is 0 Å². The number of hydrogen-bond donors (Lipinski definition) is 1. The van der Waals surface area contributed by atoms with Crippen molar-refractivity contribution in [2.24, 2.45) is 0 Å². The number of nitrogens with one attached hydrogen (secondary N) is 1. The Morgan fingerprint density at radius 3 is 1.37 bits per heavy atom. The lowest BCUT2D eigenvalue weighted by molar-refractivity contribution is 0.510. The summed E-state index contributed by atoms with van der Waals surface area (Å²) < 4.78 is 0.775. The van der Waals surface area contributed by atoms with Crippen LogP contribution in [0.3, 0.4) is 0 Å². The molecule has 0 atom stereocenters. The lowest BCUT2D eigenvalue weighted by atomic mass is 9.69. The molecule has 0 amide bonds. The lowest BCUT2D eigenvalue weighted by Gasteiger charge is -2.43.